The summed E-state index contributed by atoms with van der Waals surface area (Å²) in [6, 6.07) is 8.49. The minimum atomic E-state index is -1.21. The highest BCUT2D eigenvalue weighted by Crippen LogP contribution is 2.34. The monoisotopic (exact) mass is 373 g/mol. The molecule has 6 nitrogen and oxygen atoms in total. The van der Waals surface area contributed by atoms with Crippen LogP contribution < -0.4 is 9.47 Å². The van der Waals surface area contributed by atoms with Crippen molar-refractivity contribution in [3.8, 4) is 11.5 Å². The maximum atomic E-state index is 9.38. The summed E-state index contributed by atoms with van der Waals surface area (Å²) in [6.07, 6.45) is 6.22. The van der Waals surface area contributed by atoms with Crippen molar-refractivity contribution in [2.24, 2.45) is 5.92 Å². The Morgan fingerprint density at radius 3 is 2.15 bits per heavy atom. The molecule has 2 unspecified atom stereocenters. The molecule has 0 aromatic heterocycles. The molecule has 1 aromatic rings. The molecule has 1 saturated carbocycles. The Balaban J connectivity index is -0.000000344. The van der Waals surface area contributed by atoms with E-state index in [-0.39, 0.29) is 10.9 Å². The van der Waals surface area contributed by atoms with Crippen molar-refractivity contribution < 1.29 is 28.4 Å². The first kappa shape index (κ1) is 22.1. The minimum Gasteiger partial charge on any atom is -0.493 e. The second kappa shape index (κ2) is 12.4. The molecule has 0 bridgehead atoms. The molecule has 1 aromatic carbocycles. The van der Waals surface area contributed by atoms with Gasteiger partial charge in [0.2, 0.25) is 0 Å². The lowest BCUT2D eigenvalue weighted by atomic mass is 9.85. The molecular weight excluding hydrogens is 334 g/mol. The van der Waals surface area contributed by atoms with Crippen LogP contribution in [0.2, 0.25) is 0 Å². The lowest BCUT2D eigenvalue weighted by Crippen LogP contribution is -2.31. The summed E-state index contributed by atoms with van der Waals surface area (Å²) in [7, 11) is 5.53. The molecule has 2 atom stereocenters. The number of carbonyl (C=O) groups is 1. The van der Waals surface area contributed by atoms with Gasteiger partial charge in [0, 0.05) is 10.3 Å². The average molecular weight is 374 g/mol. The van der Waals surface area contributed by atoms with Crippen LogP contribution in [0.5, 0.6) is 11.5 Å². The molecule has 6 heteroatoms. The molecule has 1 aliphatic carbocycles. The van der Waals surface area contributed by atoms with Crippen LogP contribution in [0, 0.1) is 5.92 Å². The van der Waals surface area contributed by atoms with E-state index in [4.69, 9.17) is 14.6 Å². The zero-order valence-corrected chi connectivity index (χ0v) is 16.4. The molecule has 154 valence electrons. The number of benzene rings is 1. The van der Waals surface area contributed by atoms with Gasteiger partial charge in [-0.3, -0.25) is 0 Å². The zero-order chi connectivity index (χ0) is 19.4. The van der Waals surface area contributed by atoms with E-state index in [1.807, 2.05) is 24.3 Å². The fourth-order valence-corrected chi connectivity index (χ4v) is 3.55. The van der Waals surface area contributed by atoms with Gasteiger partial charge in [-0.15, -0.1) is 0 Å². The van der Waals surface area contributed by atoms with Gasteiger partial charge in [0.25, 0.3) is 0 Å². The fraction of sp³-hybridized carbons (Fsp3) is 0.650. The van der Waals surface area contributed by atoms with Gasteiger partial charge in [0.05, 0.1) is 20.8 Å². The molecule has 2 fully saturated rings. The number of hydrogen-bond acceptors (Lipinski definition) is 5. The summed E-state index contributed by atoms with van der Waals surface area (Å²) in [5.41, 5.74) is 0. The van der Waals surface area contributed by atoms with Crippen molar-refractivity contribution in [3.05, 3.63) is 24.3 Å². The quantitative estimate of drug-likeness (QED) is 0.750. The Morgan fingerprint density at radius 1 is 1.15 bits per heavy atom. The Morgan fingerprint density at radius 2 is 1.73 bits per heavy atom. The normalized spacial score (nSPS) is 21.2. The Bertz CT molecular complexity index is 512. The highest BCUT2D eigenvalue weighted by Gasteiger charge is 2.32. The summed E-state index contributed by atoms with van der Waals surface area (Å²) in [6.45, 7) is 3.21. The summed E-state index contributed by atoms with van der Waals surface area (Å²) in [5, 5.41) is 7.69. The summed E-state index contributed by atoms with van der Waals surface area (Å²) in [5.74, 6) is 2.61. The minimum absolute atomic E-state index is 0. The fourth-order valence-electron chi connectivity index (χ4n) is 3.55. The van der Waals surface area contributed by atoms with Gasteiger partial charge in [-0.1, -0.05) is 25.0 Å². The van der Waals surface area contributed by atoms with Crippen LogP contribution in [0.4, 0.5) is 4.79 Å². The Kier molecular flexibility index (Phi) is 10.5. The smallest absolute Gasteiger partial charge is 0.493 e. The standard InChI is InChI=1S/C9H17N.C8H10O2.C3H6O3.3H2/c1-10-7-6-8-4-2-3-5-9(8)10;1-9-7-5-3-4-6-8(7)10-2;1-2-6-3(4)5;;;/h8-9H,2-7H2,1H3;3-6H,1-2H3;2H2,1H3,(H,4,5);3*1H. The second-order valence-electron chi connectivity index (χ2n) is 6.44. The summed E-state index contributed by atoms with van der Waals surface area (Å²) >= 11 is 0. The number of ether oxygens (including phenoxy) is 3. The van der Waals surface area contributed by atoms with Crippen molar-refractivity contribution in [1.82, 2.24) is 4.90 Å². The predicted octanol–water partition coefficient (Wildman–Crippen LogP) is 5.02. The number of carboxylic acid groups (broad SMARTS) is 1. The number of rotatable bonds is 3. The van der Waals surface area contributed by atoms with Crippen LogP contribution in [0.25, 0.3) is 0 Å². The van der Waals surface area contributed by atoms with Crippen LogP contribution in [0.15, 0.2) is 24.3 Å². The molecule has 0 spiro atoms. The number of para-hydroxylation sites is 2. The molecule has 26 heavy (non-hydrogen) atoms. The van der Waals surface area contributed by atoms with E-state index in [2.05, 4.69) is 16.7 Å². The van der Waals surface area contributed by atoms with Crippen LogP contribution in [-0.2, 0) is 4.74 Å². The average Bonchev–Trinajstić information content (AvgIpc) is 3.04. The van der Waals surface area contributed by atoms with Gasteiger partial charge >= 0.3 is 6.16 Å². The maximum absolute atomic E-state index is 9.38. The predicted molar refractivity (Wildman–Crippen MR) is 109 cm³/mol. The molecule has 0 radical (unpaired) electrons. The van der Waals surface area contributed by atoms with Crippen molar-refractivity contribution >= 4 is 6.16 Å². The van der Waals surface area contributed by atoms with Crippen LogP contribution >= 0.6 is 0 Å². The van der Waals surface area contributed by atoms with Crippen molar-refractivity contribution in [2.75, 3.05) is 34.4 Å². The molecule has 2 aliphatic rings. The third-order valence-corrected chi connectivity index (χ3v) is 4.84. The van der Waals surface area contributed by atoms with Gasteiger partial charge in [0.15, 0.2) is 11.5 Å². The van der Waals surface area contributed by atoms with Crippen molar-refractivity contribution in [3.63, 3.8) is 0 Å². The largest absolute Gasteiger partial charge is 0.505 e. The molecule has 1 saturated heterocycles. The van der Waals surface area contributed by atoms with Gasteiger partial charge in [-0.05, 0) is 57.8 Å². The third kappa shape index (κ3) is 7.52. The first-order valence-electron chi connectivity index (χ1n) is 9.26. The van der Waals surface area contributed by atoms with E-state index in [0.717, 1.165) is 23.5 Å². The van der Waals surface area contributed by atoms with Crippen molar-refractivity contribution in [2.45, 2.75) is 45.1 Å². The van der Waals surface area contributed by atoms with Crippen LogP contribution in [0.3, 0.4) is 0 Å². The molecule has 0 amide bonds. The number of likely N-dealkylation sites (tertiary alicyclic amines) is 1. The second-order valence-corrected chi connectivity index (χ2v) is 6.44. The lowest BCUT2D eigenvalue weighted by molar-refractivity contribution is 0.0966. The van der Waals surface area contributed by atoms with Crippen LogP contribution in [-0.4, -0.2) is 56.6 Å². The van der Waals surface area contributed by atoms with E-state index >= 15 is 0 Å². The molecule has 3 rings (SSSR count). The summed E-state index contributed by atoms with van der Waals surface area (Å²) < 4.78 is 14.0. The van der Waals surface area contributed by atoms with Crippen molar-refractivity contribution in [1.29, 1.82) is 0 Å². The first-order chi connectivity index (χ1) is 12.5. The SMILES string of the molecule is CCOC(=O)O.CN1CCC2CCCCC21.COc1ccccc1OC.[HH].[HH].[HH]. The van der Waals surface area contributed by atoms with Crippen LogP contribution in [0.1, 0.15) is 43.3 Å². The van der Waals surface area contributed by atoms with Gasteiger partial charge in [-0.25, -0.2) is 4.79 Å². The number of nitrogens with zero attached hydrogens (tertiary/aromatic N) is 1. The molecule has 1 N–H and O–H groups in total. The topological polar surface area (TPSA) is 68.2 Å². The summed E-state index contributed by atoms with van der Waals surface area (Å²) in [4.78, 5) is 11.9. The highest BCUT2D eigenvalue weighted by molar-refractivity contribution is 5.56. The molecule has 1 aliphatic heterocycles. The Labute approximate surface area is 161 Å². The van der Waals surface area contributed by atoms with E-state index < -0.39 is 6.16 Å². The van der Waals surface area contributed by atoms with Gasteiger partial charge < -0.3 is 24.2 Å². The van der Waals surface area contributed by atoms with E-state index in [9.17, 15) is 4.79 Å². The number of methoxy groups -OCH3 is 2. The molecule has 1 heterocycles. The van der Waals surface area contributed by atoms with Gasteiger partial charge in [-0.2, -0.15) is 0 Å². The Hall–Kier alpha value is -1.95. The maximum Gasteiger partial charge on any atom is 0.505 e. The van der Waals surface area contributed by atoms with Gasteiger partial charge in [0.1, 0.15) is 0 Å². The molecular formula is C20H39NO5. The van der Waals surface area contributed by atoms with E-state index in [1.165, 1.54) is 38.6 Å². The number of fused-ring (bicyclic) bond motifs is 1. The zero-order valence-electron chi connectivity index (χ0n) is 16.4. The highest BCUT2D eigenvalue weighted by atomic mass is 16.7. The number of hydrogen-bond donors (Lipinski definition) is 1. The van der Waals surface area contributed by atoms with E-state index in [1.54, 1.807) is 21.1 Å². The third-order valence-electron chi connectivity index (χ3n) is 4.84. The van der Waals surface area contributed by atoms with E-state index in [0.29, 0.717) is 0 Å². The first-order valence-corrected chi connectivity index (χ1v) is 9.26. The lowest BCUT2D eigenvalue weighted by Gasteiger charge is -2.28.